The third-order valence-electron chi connectivity index (χ3n) is 10.6. The number of hydrogen-bond acceptors (Lipinski definition) is 9. The van der Waals surface area contributed by atoms with Crippen molar-refractivity contribution in [2.24, 2.45) is 29.6 Å². The van der Waals surface area contributed by atoms with Gasteiger partial charge in [0.05, 0.1) is 49.3 Å². The van der Waals surface area contributed by atoms with E-state index in [-0.39, 0.29) is 47.6 Å². The van der Waals surface area contributed by atoms with Crippen molar-refractivity contribution in [3.63, 3.8) is 0 Å². The van der Waals surface area contributed by atoms with Gasteiger partial charge in [-0.2, -0.15) is 0 Å². The van der Waals surface area contributed by atoms with E-state index in [1.807, 2.05) is 6.08 Å². The number of anilines is 2. The molecule has 11 nitrogen and oxygen atoms in total. The van der Waals surface area contributed by atoms with Crippen LogP contribution in [0.25, 0.3) is 0 Å². The molecule has 250 valence electrons. The number of amides is 4. The molecule has 4 amide bonds. The monoisotopic (exact) mass is 662 g/mol. The Morgan fingerprint density at radius 2 is 1.14 bits per heavy atom. The molecule has 1 saturated carbocycles. The van der Waals surface area contributed by atoms with Crippen molar-refractivity contribution >= 4 is 46.6 Å². The maximum Gasteiger partial charge on any atom is 0.238 e. The summed E-state index contributed by atoms with van der Waals surface area (Å²) in [5.74, 6) is -6.22. The number of nitrogens with zero attached hydrogens (tertiary/aromatic N) is 2. The Hall–Kier alpha value is -5.58. The van der Waals surface area contributed by atoms with Crippen LogP contribution in [0.1, 0.15) is 58.9 Å². The second kappa shape index (κ2) is 11.8. The predicted octanol–water partition coefficient (Wildman–Crippen LogP) is 4.86. The van der Waals surface area contributed by atoms with Gasteiger partial charge in [0.15, 0.2) is 11.6 Å². The number of ketones is 2. The van der Waals surface area contributed by atoms with E-state index in [0.717, 1.165) is 10.5 Å². The summed E-state index contributed by atoms with van der Waals surface area (Å²) in [5, 5.41) is 10.5. The first-order chi connectivity index (χ1) is 23.5. The lowest BCUT2D eigenvalue weighted by Gasteiger charge is -2.44. The zero-order valence-electron chi connectivity index (χ0n) is 27.3. The topological polar surface area (TPSA) is 148 Å². The summed E-state index contributed by atoms with van der Waals surface area (Å²) in [6.07, 6.45) is 2.30. The summed E-state index contributed by atoms with van der Waals surface area (Å²) in [4.78, 5) is 83.1. The minimum Gasteiger partial charge on any atom is -0.508 e. The fourth-order valence-electron chi connectivity index (χ4n) is 8.34. The zero-order chi connectivity index (χ0) is 34.9. The first-order valence-electron chi connectivity index (χ1n) is 16.1. The largest absolute Gasteiger partial charge is 0.508 e. The Labute approximate surface area is 282 Å². The summed E-state index contributed by atoms with van der Waals surface area (Å²) < 4.78 is 11.4. The Balaban J connectivity index is 1.35. The number of imide groups is 2. The molecule has 7 rings (SSSR count). The van der Waals surface area contributed by atoms with Gasteiger partial charge in [0, 0.05) is 34.7 Å². The summed E-state index contributed by atoms with van der Waals surface area (Å²) in [6, 6.07) is 15.4. The highest BCUT2D eigenvalue weighted by molar-refractivity contribution is 6.24. The molecule has 2 aliphatic heterocycles. The van der Waals surface area contributed by atoms with Gasteiger partial charge in [-0.25, -0.2) is 0 Å². The normalized spacial score (nSPS) is 25.8. The van der Waals surface area contributed by atoms with Crippen molar-refractivity contribution in [2.45, 2.75) is 32.6 Å². The molecule has 0 spiro atoms. The lowest BCUT2D eigenvalue weighted by molar-refractivity contribution is -0.126. The molecular weight excluding hydrogens is 628 g/mol. The van der Waals surface area contributed by atoms with Crippen LogP contribution in [0.4, 0.5) is 11.4 Å². The number of aromatic hydroxyl groups is 1. The first-order valence-corrected chi connectivity index (χ1v) is 16.1. The van der Waals surface area contributed by atoms with Crippen LogP contribution in [-0.4, -0.2) is 54.5 Å². The van der Waals surface area contributed by atoms with Gasteiger partial charge in [0.25, 0.3) is 0 Å². The SMILES string of the molecule is COc1cc(O)cc(OC)c1[C@H]1C2=CC[C@@H]3C(=O)N(c4ccc(C(C)=O)cc4)C(=O)[C@@H]3[C@@H]2C[C@H]2C(=O)N(c3ccc(C(C)=O)cc3)C(=O)[C@@H]12. The van der Waals surface area contributed by atoms with E-state index in [1.165, 1.54) is 45.1 Å². The number of carbonyl (C=O) groups excluding carboxylic acids is 6. The number of phenols is 1. The quantitative estimate of drug-likeness (QED) is 0.213. The first kappa shape index (κ1) is 32.0. The van der Waals surface area contributed by atoms with E-state index in [9.17, 15) is 33.9 Å². The summed E-state index contributed by atoms with van der Waals surface area (Å²) >= 11 is 0. The number of methoxy groups -OCH3 is 2. The Morgan fingerprint density at radius 3 is 1.61 bits per heavy atom. The number of rotatable bonds is 7. The van der Waals surface area contributed by atoms with Crippen molar-refractivity contribution in [1.29, 1.82) is 0 Å². The Morgan fingerprint density at radius 1 is 0.673 bits per heavy atom. The maximum absolute atomic E-state index is 14.5. The molecule has 2 heterocycles. The molecule has 0 aromatic heterocycles. The van der Waals surface area contributed by atoms with Crippen LogP contribution in [0, 0.1) is 29.6 Å². The minimum atomic E-state index is -0.909. The van der Waals surface area contributed by atoms with Crippen LogP contribution >= 0.6 is 0 Å². The second-order valence-corrected chi connectivity index (χ2v) is 13.0. The molecule has 3 fully saturated rings. The highest BCUT2D eigenvalue weighted by Gasteiger charge is 2.63. The molecule has 3 aromatic carbocycles. The molecule has 49 heavy (non-hydrogen) atoms. The molecule has 2 saturated heterocycles. The third kappa shape index (κ3) is 4.86. The number of ether oxygens (including phenoxy) is 2. The molecule has 2 aliphatic carbocycles. The van der Waals surface area contributed by atoms with Gasteiger partial charge in [0.1, 0.15) is 17.2 Å². The lowest BCUT2D eigenvalue weighted by Crippen LogP contribution is -2.43. The van der Waals surface area contributed by atoms with Crippen LogP contribution in [0.5, 0.6) is 17.2 Å². The van der Waals surface area contributed by atoms with E-state index in [4.69, 9.17) is 9.47 Å². The average Bonchev–Trinajstić information content (AvgIpc) is 3.50. The molecule has 6 atom stereocenters. The molecule has 3 aromatic rings. The molecule has 1 N–H and O–H groups in total. The van der Waals surface area contributed by atoms with Crippen molar-refractivity contribution < 1.29 is 43.3 Å². The van der Waals surface area contributed by atoms with Crippen LogP contribution in [-0.2, 0) is 19.2 Å². The number of phenolic OH excluding ortho intramolecular Hbond substituents is 1. The second-order valence-electron chi connectivity index (χ2n) is 13.0. The van der Waals surface area contributed by atoms with Gasteiger partial charge in [-0.3, -0.25) is 38.6 Å². The number of Topliss-reactive ketones (excluding diaryl/α,β-unsaturated/α-hetero) is 2. The van der Waals surface area contributed by atoms with E-state index < -0.39 is 53.2 Å². The Bertz CT molecular complexity index is 1960. The summed E-state index contributed by atoms with van der Waals surface area (Å²) in [6.45, 7) is 2.87. The highest BCUT2D eigenvalue weighted by atomic mass is 16.5. The van der Waals surface area contributed by atoms with Gasteiger partial charge in [-0.1, -0.05) is 11.6 Å². The maximum atomic E-state index is 14.5. The molecular formula is C38H34N2O9. The van der Waals surface area contributed by atoms with E-state index in [1.54, 1.807) is 48.5 Å². The van der Waals surface area contributed by atoms with Crippen molar-refractivity contribution in [1.82, 2.24) is 0 Å². The number of carbonyl (C=O) groups is 6. The smallest absolute Gasteiger partial charge is 0.238 e. The zero-order valence-corrected chi connectivity index (χ0v) is 27.3. The molecule has 11 heteroatoms. The van der Waals surface area contributed by atoms with Crippen molar-refractivity contribution in [2.75, 3.05) is 24.0 Å². The summed E-state index contributed by atoms with van der Waals surface area (Å²) in [7, 11) is 2.86. The van der Waals surface area contributed by atoms with E-state index in [2.05, 4.69) is 0 Å². The van der Waals surface area contributed by atoms with Gasteiger partial charge in [-0.15, -0.1) is 0 Å². The fourth-order valence-corrected chi connectivity index (χ4v) is 8.34. The van der Waals surface area contributed by atoms with Crippen molar-refractivity contribution in [3.8, 4) is 17.2 Å². The lowest BCUT2D eigenvalue weighted by atomic mass is 9.57. The van der Waals surface area contributed by atoms with Crippen LogP contribution in [0.3, 0.4) is 0 Å². The number of benzene rings is 3. The van der Waals surface area contributed by atoms with Gasteiger partial charge in [-0.05, 0) is 81.1 Å². The highest BCUT2D eigenvalue weighted by Crippen LogP contribution is 2.61. The molecule has 0 radical (unpaired) electrons. The molecule has 0 bridgehead atoms. The Kier molecular flexibility index (Phi) is 7.73. The predicted molar refractivity (Wildman–Crippen MR) is 177 cm³/mol. The fraction of sp³-hybridized carbons (Fsp3) is 0.316. The minimum absolute atomic E-state index is 0.122. The molecule has 0 unspecified atom stereocenters. The van der Waals surface area contributed by atoms with Gasteiger partial charge in [0.2, 0.25) is 23.6 Å². The van der Waals surface area contributed by atoms with Crippen molar-refractivity contribution in [3.05, 3.63) is 89.0 Å². The third-order valence-corrected chi connectivity index (χ3v) is 10.6. The van der Waals surface area contributed by atoms with Crippen LogP contribution < -0.4 is 19.3 Å². The standard InChI is InChI=1S/C38H34N2O9/c1-18(41)20-5-9-22(10-6-20)39-35(44)26-14-13-25-27(31(26)37(39)46)17-28-33(32(25)34-29(48-3)15-24(43)16-30(34)49-4)38(47)40(36(28)45)23-11-7-21(8-12-23)19(2)42/h5-13,15-16,26-28,31-33,43H,14,17H2,1-4H3/t26-,27+,28+,31-,32-,33+/m0/s1. The van der Waals surface area contributed by atoms with E-state index >= 15 is 0 Å². The number of hydrogen-bond donors (Lipinski definition) is 1. The van der Waals surface area contributed by atoms with Gasteiger partial charge < -0.3 is 14.6 Å². The van der Waals surface area contributed by atoms with E-state index in [0.29, 0.717) is 28.1 Å². The number of fused-ring (bicyclic) bond motifs is 4. The van der Waals surface area contributed by atoms with Crippen LogP contribution in [0.2, 0.25) is 0 Å². The van der Waals surface area contributed by atoms with Gasteiger partial charge >= 0.3 is 0 Å². The number of allylic oxidation sites excluding steroid dienone is 2. The van der Waals surface area contributed by atoms with Crippen LogP contribution in [0.15, 0.2) is 72.3 Å². The summed E-state index contributed by atoms with van der Waals surface area (Å²) in [5.41, 5.74) is 2.75. The molecule has 4 aliphatic rings. The average molecular weight is 663 g/mol.